The molecular formula is C10H21N3. The van der Waals surface area contributed by atoms with Gasteiger partial charge in [0.25, 0.3) is 0 Å². The van der Waals surface area contributed by atoms with Crippen LogP contribution in [0.3, 0.4) is 0 Å². The quantitative estimate of drug-likeness (QED) is 0.493. The molecule has 2 aliphatic heterocycles. The maximum Gasteiger partial charge on any atom is 0.0240 e. The summed E-state index contributed by atoms with van der Waals surface area (Å²) in [6.45, 7) is 4.61. The van der Waals surface area contributed by atoms with E-state index in [0.717, 1.165) is 12.1 Å². The molecule has 2 aliphatic rings. The van der Waals surface area contributed by atoms with E-state index in [9.17, 15) is 0 Å². The molecule has 3 N–H and O–H groups in total. The molecule has 76 valence electrons. The second kappa shape index (κ2) is 3.56. The summed E-state index contributed by atoms with van der Waals surface area (Å²) in [5.41, 5.74) is 2.94. The lowest BCUT2D eigenvalue weighted by molar-refractivity contribution is 0.0851. The Morgan fingerprint density at radius 1 is 1.23 bits per heavy atom. The predicted octanol–water partition coefficient (Wildman–Crippen LogP) is 0.854. The fraction of sp³-hybridized carbons (Fsp3) is 1.00. The molecule has 0 unspecified atom stereocenters. The lowest BCUT2D eigenvalue weighted by atomic mass is 9.96. The molecule has 0 aromatic carbocycles. The average molecular weight is 183 g/mol. The first kappa shape index (κ1) is 9.44. The zero-order valence-electron chi connectivity index (χ0n) is 8.66. The summed E-state index contributed by atoms with van der Waals surface area (Å²) in [6, 6.07) is 2.85. The number of hydrogen-bond donors (Lipinski definition) is 2. The van der Waals surface area contributed by atoms with E-state index in [2.05, 4.69) is 24.2 Å². The lowest BCUT2D eigenvalue weighted by Gasteiger charge is -2.41. The van der Waals surface area contributed by atoms with Crippen molar-refractivity contribution in [2.24, 2.45) is 5.84 Å². The number of hydrazine groups is 1. The Balaban J connectivity index is 2.04. The number of rotatable bonds is 2. The van der Waals surface area contributed by atoms with Gasteiger partial charge in [-0.2, -0.15) is 0 Å². The van der Waals surface area contributed by atoms with Gasteiger partial charge in [-0.25, -0.2) is 0 Å². The first-order valence-electron chi connectivity index (χ1n) is 5.46. The van der Waals surface area contributed by atoms with Crippen LogP contribution in [0.4, 0.5) is 0 Å². The van der Waals surface area contributed by atoms with E-state index < -0.39 is 0 Å². The molecule has 2 atom stereocenters. The molecule has 2 heterocycles. The SMILES string of the molecule is CC(C)N1[C@H]2CC[C@H]1CC(NN)C2. The number of nitrogens with zero attached hydrogens (tertiary/aromatic N) is 1. The lowest BCUT2D eigenvalue weighted by Crippen LogP contribution is -2.52. The third kappa shape index (κ3) is 1.60. The molecular weight excluding hydrogens is 162 g/mol. The fourth-order valence-electron chi connectivity index (χ4n) is 3.19. The Kier molecular flexibility index (Phi) is 2.58. The summed E-state index contributed by atoms with van der Waals surface area (Å²) >= 11 is 0. The molecule has 3 heteroatoms. The summed E-state index contributed by atoms with van der Waals surface area (Å²) < 4.78 is 0. The Bertz CT molecular complexity index is 167. The van der Waals surface area contributed by atoms with Crippen molar-refractivity contribution in [2.75, 3.05) is 0 Å². The smallest absolute Gasteiger partial charge is 0.0240 e. The van der Waals surface area contributed by atoms with Crippen molar-refractivity contribution >= 4 is 0 Å². The van der Waals surface area contributed by atoms with Crippen LogP contribution in [0.25, 0.3) is 0 Å². The highest BCUT2D eigenvalue weighted by Crippen LogP contribution is 2.36. The maximum absolute atomic E-state index is 5.51. The standard InChI is InChI=1S/C10H21N3/c1-7(2)13-9-3-4-10(13)6-8(5-9)12-11/h7-10,12H,3-6,11H2,1-2H3/t9-,10-/m0/s1. The van der Waals surface area contributed by atoms with Crippen molar-refractivity contribution in [3.8, 4) is 0 Å². The molecule has 0 spiro atoms. The molecule has 2 saturated heterocycles. The van der Waals surface area contributed by atoms with Gasteiger partial charge in [-0.3, -0.25) is 16.2 Å². The molecule has 3 nitrogen and oxygen atoms in total. The van der Waals surface area contributed by atoms with Gasteiger partial charge >= 0.3 is 0 Å². The van der Waals surface area contributed by atoms with Crippen molar-refractivity contribution in [3.63, 3.8) is 0 Å². The average Bonchev–Trinajstić information content (AvgIpc) is 2.37. The predicted molar refractivity (Wildman–Crippen MR) is 54.1 cm³/mol. The van der Waals surface area contributed by atoms with Gasteiger partial charge in [0, 0.05) is 24.2 Å². The van der Waals surface area contributed by atoms with Crippen LogP contribution in [0.15, 0.2) is 0 Å². The van der Waals surface area contributed by atoms with Crippen LogP contribution in [0.1, 0.15) is 39.5 Å². The van der Waals surface area contributed by atoms with Crippen molar-refractivity contribution in [1.82, 2.24) is 10.3 Å². The summed E-state index contributed by atoms with van der Waals surface area (Å²) in [6.07, 6.45) is 5.23. The minimum Gasteiger partial charge on any atom is -0.295 e. The maximum atomic E-state index is 5.51. The van der Waals surface area contributed by atoms with Gasteiger partial charge in [0.15, 0.2) is 0 Å². The molecule has 2 fully saturated rings. The van der Waals surface area contributed by atoms with Crippen LogP contribution in [0, 0.1) is 0 Å². The van der Waals surface area contributed by atoms with Crippen molar-refractivity contribution in [2.45, 2.75) is 63.7 Å². The van der Waals surface area contributed by atoms with Gasteiger partial charge in [0.05, 0.1) is 0 Å². The zero-order chi connectivity index (χ0) is 9.42. The fourth-order valence-corrected chi connectivity index (χ4v) is 3.19. The largest absolute Gasteiger partial charge is 0.295 e. The van der Waals surface area contributed by atoms with E-state index in [4.69, 9.17) is 5.84 Å². The van der Waals surface area contributed by atoms with Crippen molar-refractivity contribution < 1.29 is 0 Å². The van der Waals surface area contributed by atoms with Gasteiger partial charge in [-0.05, 0) is 39.5 Å². The Labute approximate surface area is 80.6 Å². The van der Waals surface area contributed by atoms with Gasteiger partial charge in [0.1, 0.15) is 0 Å². The number of piperidine rings is 1. The van der Waals surface area contributed by atoms with Gasteiger partial charge in [-0.1, -0.05) is 0 Å². The van der Waals surface area contributed by atoms with Crippen LogP contribution >= 0.6 is 0 Å². The van der Waals surface area contributed by atoms with Gasteiger partial charge in [-0.15, -0.1) is 0 Å². The van der Waals surface area contributed by atoms with E-state index in [-0.39, 0.29) is 0 Å². The van der Waals surface area contributed by atoms with Crippen LogP contribution in [0.5, 0.6) is 0 Å². The van der Waals surface area contributed by atoms with Crippen molar-refractivity contribution in [3.05, 3.63) is 0 Å². The minimum absolute atomic E-state index is 0.562. The molecule has 0 radical (unpaired) electrons. The first-order chi connectivity index (χ1) is 6.22. The molecule has 0 saturated carbocycles. The van der Waals surface area contributed by atoms with Gasteiger partial charge < -0.3 is 0 Å². The molecule has 0 aromatic rings. The second-order valence-corrected chi connectivity index (χ2v) is 4.76. The molecule has 13 heavy (non-hydrogen) atoms. The highest BCUT2D eigenvalue weighted by atomic mass is 15.3. The zero-order valence-corrected chi connectivity index (χ0v) is 8.66. The Hall–Kier alpha value is -0.120. The van der Waals surface area contributed by atoms with E-state index in [0.29, 0.717) is 12.1 Å². The summed E-state index contributed by atoms with van der Waals surface area (Å²) in [5.74, 6) is 5.51. The number of nitrogens with one attached hydrogen (secondary N) is 1. The highest BCUT2D eigenvalue weighted by molar-refractivity contribution is 4.98. The van der Waals surface area contributed by atoms with Crippen molar-refractivity contribution in [1.29, 1.82) is 0 Å². The van der Waals surface area contributed by atoms with E-state index in [1.54, 1.807) is 0 Å². The molecule has 0 amide bonds. The second-order valence-electron chi connectivity index (χ2n) is 4.76. The van der Waals surface area contributed by atoms with Crippen LogP contribution in [-0.4, -0.2) is 29.1 Å². The number of nitrogens with two attached hydrogens (primary N) is 1. The number of fused-ring (bicyclic) bond motifs is 2. The van der Waals surface area contributed by atoms with Crippen LogP contribution < -0.4 is 11.3 Å². The topological polar surface area (TPSA) is 41.3 Å². The van der Waals surface area contributed by atoms with E-state index in [1.807, 2.05) is 0 Å². The van der Waals surface area contributed by atoms with Crippen LogP contribution in [-0.2, 0) is 0 Å². The molecule has 0 aliphatic carbocycles. The van der Waals surface area contributed by atoms with E-state index >= 15 is 0 Å². The third-order valence-corrected chi connectivity index (χ3v) is 3.62. The third-order valence-electron chi connectivity index (χ3n) is 3.62. The normalized spacial score (nSPS) is 40.2. The molecule has 2 bridgehead atoms. The minimum atomic E-state index is 0.562. The Morgan fingerprint density at radius 2 is 1.77 bits per heavy atom. The highest BCUT2D eigenvalue weighted by Gasteiger charge is 2.41. The molecule has 0 aromatic heterocycles. The monoisotopic (exact) mass is 183 g/mol. The van der Waals surface area contributed by atoms with Crippen LogP contribution in [0.2, 0.25) is 0 Å². The first-order valence-corrected chi connectivity index (χ1v) is 5.46. The number of hydrogen-bond acceptors (Lipinski definition) is 3. The molecule has 2 rings (SSSR count). The van der Waals surface area contributed by atoms with E-state index in [1.165, 1.54) is 25.7 Å². The Morgan fingerprint density at radius 3 is 2.15 bits per heavy atom. The van der Waals surface area contributed by atoms with Gasteiger partial charge in [0.2, 0.25) is 0 Å². The summed E-state index contributed by atoms with van der Waals surface area (Å²) in [4.78, 5) is 2.69. The summed E-state index contributed by atoms with van der Waals surface area (Å²) in [5, 5.41) is 0. The summed E-state index contributed by atoms with van der Waals surface area (Å²) in [7, 11) is 0.